The highest BCUT2D eigenvalue weighted by Crippen LogP contribution is 2.34. The van der Waals surface area contributed by atoms with E-state index in [9.17, 15) is 20.0 Å². The lowest BCUT2D eigenvalue weighted by molar-refractivity contribution is -0.384. The lowest BCUT2D eigenvalue weighted by atomic mass is 10.2. The Balaban J connectivity index is 2.45. The van der Waals surface area contributed by atoms with Crippen LogP contribution in [-0.2, 0) is 4.79 Å². The van der Waals surface area contributed by atoms with E-state index >= 15 is 0 Å². The molecule has 1 N–H and O–H groups in total. The van der Waals surface area contributed by atoms with Gasteiger partial charge < -0.3 is 10.0 Å². The van der Waals surface area contributed by atoms with Gasteiger partial charge in [0.25, 0.3) is 5.69 Å². The van der Waals surface area contributed by atoms with Gasteiger partial charge in [0.1, 0.15) is 11.4 Å². The minimum atomic E-state index is -0.617. The van der Waals surface area contributed by atoms with Gasteiger partial charge in [0.2, 0.25) is 5.91 Å². The standard InChI is InChI=1S/C10H10N2O4S/c13-6-1-2-8(9(3-6)12(15)16)11-5-7(17)4-10(11)14/h1-3,7,13,17H,4-5H2. The SMILES string of the molecule is O=C1CC(S)CN1c1ccc(O)cc1[N+](=O)[O-]. The molecule has 0 saturated carbocycles. The van der Waals surface area contributed by atoms with E-state index in [1.807, 2.05) is 0 Å². The average Bonchev–Trinajstić information content (AvgIpc) is 2.57. The van der Waals surface area contributed by atoms with Crippen molar-refractivity contribution in [2.75, 3.05) is 11.4 Å². The summed E-state index contributed by atoms with van der Waals surface area (Å²) in [5, 5.41) is 20.0. The van der Waals surface area contributed by atoms with E-state index in [1.165, 1.54) is 17.0 Å². The number of nitro benzene ring substituents is 1. The lowest BCUT2D eigenvalue weighted by Crippen LogP contribution is -2.25. The van der Waals surface area contributed by atoms with Crippen LogP contribution in [0.4, 0.5) is 11.4 Å². The minimum absolute atomic E-state index is 0.115. The molecule has 1 aliphatic rings. The Kier molecular flexibility index (Phi) is 2.93. The molecule has 1 aromatic carbocycles. The Hall–Kier alpha value is -1.76. The van der Waals surface area contributed by atoms with Crippen molar-refractivity contribution in [3.63, 3.8) is 0 Å². The van der Waals surface area contributed by atoms with E-state index in [2.05, 4.69) is 12.6 Å². The highest BCUT2D eigenvalue weighted by Gasteiger charge is 2.32. The summed E-state index contributed by atoms with van der Waals surface area (Å²) in [5.74, 6) is -0.395. The molecule has 17 heavy (non-hydrogen) atoms. The van der Waals surface area contributed by atoms with Crippen molar-refractivity contribution < 1.29 is 14.8 Å². The van der Waals surface area contributed by atoms with Gasteiger partial charge in [0.15, 0.2) is 0 Å². The predicted octanol–water partition coefficient (Wildman–Crippen LogP) is 1.34. The maximum atomic E-state index is 11.6. The van der Waals surface area contributed by atoms with Gasteiger partial charge in [0.05, 0.1) is 11.0 Å². The topological polar surface area (TPSA) is 83.7 Å². The molecular weight excluding hydrogens is 244 g/mol. The minimum Gasteiger partial charge on any atom is -0.508 e. The van der Waals surface area contributed by atoms with Crippen LogP contribution >= 0.6 is 12.6 Å². The zero-order chi connectivity index (χ0) is 12.6. The molecule has 1 unspecified atom stereocenters. The molecule has 2 rings (SSSR count). The van der Waals surface area contributed by atoms with Crippen LogP contribution in [0.2, 0.25) is 0 Å². The summed E-state index contributed by atoms with van der Waals surface area (Å²) in [6.07, 6.45) is 0.265. The summed E-state index contributed by atoms with van der Waals surface area (Å²) in [6, 6.07) is 3.73. The number of phenolic OH excluding ortho intramolecular Hbond substituents is 1. The first kappa shape index (κ1) is 11.7. The molecule has 1 atom stereocenters. The molecule has 1 aromatic rings. The van der Waals surface area contributed by atoms with E-state index < -0.39 is 4.92 Å². The van der Waals surface area contributed by atoms with Crippen molar-refractivity contribution in [2.24, 2.45) is 0 Å². The fourth-order valence-corrected chi connectivity index (χ4v) is 2.13. The number of rotatable bonds is 2. The number of amides is 1. The maximum Gasteiger partial charge on any atom is 0.296 e. The Morgan fingerprint density at radius 1 is 1.53 bits per heavy atom. The summed E-state index contributed by atoms with van der Waals surface area (Å²) in [4.78, 5) is 23.2. The maximum absolute atomic E-state index is 11.6. The number of phenols is 1. The molecule has 1 saturated heterocycles. The van der Waals surface area contributed by atoms with Crippen LogP contribution < -0.4 is 4.90 Å². The first-order valence-electron chi connectivity index (χ1n) is 4.95. The van der Waals surface area contributed by atoms with Gasteiger partial charge in [-0.15, -0.1) is 0 Å². The molecule has 0 bridgehead atoms. The molecular formula is C10H10N2O4S. The monoisotopic (exact) mass is 254 g/mol. The van der Waals surface area contributed by atoms with Gasteiger partial charge in [-0.2, -0.15) is 12.6 Å². The molecule has 6 nitrogen and oxygen atoms in total. The van der Waals surface area contributed by atoms with Crippen molar-refractivity contribution in [3.05, 3.63) is 28.3 Å². The number of nitro groups is 1. The Labute approximate surface area is 102 Å². The molecule has 1 fully saturated rings. The zero-order valence-corrected chi connectivity index (χ0v) is 9.63. The molecule has 1 heterocycles. The second-order valence-electron chi connectivity index (χ2n) is 3.79. The van der Waals surface area contributed by atoms with E-state index in [0.29, 0.717) is 6.54 Å². The van der Waals surface area contributed by atoms with Crippen molar-refractivity contribution in [1.29, 1.82) is 0 Å². The van der Waals surface area contributed by atoms with Gasteiger partial charge in [0, 0.05) is 18.2 Å². The number of carbonyl (C=O) groups excluding carboxylic acids is 1. The number of anilines is 1. The molecule has 1 aliphatic heterocycles. The Morgan fingerprint density at radius 2 is 2.24 bits per heavy atom. The van der Waals surface area contributed by atoms with Crippen LogP contribution in [0.5, 0.6) is 5.75 Å². The number of nitrogens with zero attached hydrogens (tertiary/aromatic N) is 2. The average molecular weight is 254 g/mol. The normalized spacial score (nSPS) is 19.7. The summed E-state index contributed by atoms with van der Waals surface area (Å²) in [5.41, 5.74) is -0.0740. The van der Waals surface area contributed by atoms with Crippen LogP contribution in [-0.4, -0.2) is 27.7 Å². The highest BCUT2D eigenvalue weighted by atomic mass is 32.1. The molecule has 0 radical (unpaired) electrons. The second-order valence-corrected chi connectivity index (χ2v) is 4.52. The van der Waals surface area contributed by atoms with Crippen LogP contribution in [0.15, 0.2) is 18.2 Å². The predicted molar refractivity (Wildman–Crippen MR) is 64.5 cm³/mol. The van der Waals surface area contributed by atoms with Crippen LogP contribution in [0.3, 0.4) is 0 Å². The first-order valence-corrected chi connectivity index (χ1v) is 5.46. The van der Waals surface area contributed by atoms with E-state index in [1.54, 1.807) is 0 Å². The molecule has 0 aromatic heterocycles. The summed E-state index contributed by atoms with van der Waals surface area (Å²) >= 11 is 4.19. The van der Waals surface area contributed by atoms with Crippen molar-refractivity contribution in [2.45, 2.75) is 11.7 Å². The van der Waals surface area contributed by atoms with Crippen LogP contribution in [0.25, 0.3) is 0 Å². The van der Waals surface area contributed by atoms with Gasteiger partial charge in [-0.1, -0.05) is 0 Å². The molecule has 90 valence electrons. The van der Waals surface area contributed by atoms with E-state index in [4.69, 9.17) is 0 Å². The molecule has 7 heteroatoms. The summed E-state index contributed by atoms with van der Waals surface area (Å²) in [6.45, 7) is 0.341. The van der Waals surface area contributed by atoms with Crippen LogP contribution in [0, 0.1) is 10.1 Å². The molecule has 0 spiro atoms. The first-order chi connectivity index (χ1) is 7.99. The fourth-order valence-electron chi connectivity index (χ4n) is 1.81. The largest absolute Gasteiger partial charge is 0.508 e. The van der Waals surface area contributed by atoms with Crippen molar-refractivity contribution >= 4 is 29.9 Å². The molecule has 1 amide bonds. The number of carbonyl (C=O) groups is 1. The van der Waals surface area contributed by atoms with Gasteiger partial charge >= 0.3 is 0 Å². The fraction of sp³-hybridized carbons (Fsp3) is 0.300. The third kappa shape index (κ3) is 2.19. The molecule has 0 aliphatic carbocycles. The number of thiol groups is 1. The summed E-state index contributed by atoms with van der Waals surface area (Å²) in [7, 11) is 0. The lowest BCUT2D eigenvalue weighted by Gasteiger charge is -2.15. The van der Waals surface area contributed by atoms with Gasteiger partial charge in [-0.05, 0) is 12.1 Å². The van der Waals surface area contributed by atoms with Crippen molar-refractivity contribution in [3.8, 4) is 5.75 Å². The van der Waals surface area contributed by atoms with Crippen LogP contribution in [0.1, 0.15) is 6.42 Å². The zero-order valence-electron chi connectivity index (χ0n) is 8.74. The third-order valence-electron chi connectivity index (χ3n) is 2.55. The Bertz CT molecular complexity index is 491. The van der Waals surface area contributed by atoms with Gasteiger partial charge in [-0.25, -0.2) is 0 Å². The number of hydrogen-bond acceptors (Lipinski definition) is 5. The second kappa shape index (κ2) is 4.25. The van der Waals surface area contributed by atoms with E-state index in [-0.39, 0.29) is 34.7 Å². The quantitative estimate of drug-likeness (QED) is 0.474. The van der Waals surface area contributed by atoms with Gasteiger partial charge in [-0.3, -0.25) is 14.9 Å². The number of benzene rings is 1. The highest BCUT2D eigenvalue weighted by molar-refractivity contribution is 7.81. The number of hydrogen-bond donors (Lipinski definition) is 2. The van der Waals surface area contributed by atoms with E-state index in [0.717, 1.165) is 6.07 Å². The number of aromatic hydroxyl groups is 1. The summed E-state index contributed by atoms with van der Waals surface area (Å²) < 4.78 is 0. The Morgan fingerprint density at radius 3 is 2.76 bits per heavy atom. The smallest absolute Gasteiger partial charge is 0.296 e. The van der Waals surface area contributed by atoms with Crippen molar-refractivity contribution in [1.82, 2.24) is 0 Å². The third-order valence-corrected chi connectivity index (χ3v) is 2.90.